The Morgan fingerprint density at radius 1 is 1.42 bits per heavy atom. The third-order valence-corrected chi connectivity index (χ3v) is 4.42. The zero-order valence-electron chi connectivity index (χ0n) is 10.6. The molecule has 1 aliphatic rings. The van der Waals surface area contributed by atoms with Gasteiger partial charge in [0.15, 0.2) is 16.1 Å². The van der Waals surface area contributed by atoms with Crippen LogP contribution in [-0.4, -0.2) is 34.2 Å². The van der Waals surface area contributed by atoms with E-state index in [1.54, 1.807) is 0 Å². The lowest BCUT2D eigenvalue weighted by molar-refractivity contribution is 0.111. The lowest BCUT2D eigenvalue weighted by Gasteiger charge is -2.14. The molecule has 0 unspecified atom stereocenters. The summed E-state index contributed by atoms with van der Waals surface area (Å²) in [6, 6.07) is 4.09. The first-order valence-corrected chi connectivity index (χ1v) is 7.77. The summed E-state index contributed by atoms with van der Waals surface area (Å²) >= 11 is 0. The number of alkyl halides is 1. The van der Waals surface area contributed by atoms with Crippen LogP contribution in [0.2, 0.25) is 0 Å². The van der Waals surface area contributed by atoms with Crippen molar-refractivity contribution >= 4 is 16.1 Å². The van der Waals surface area contributed by atoms with Crippen molar-refractivity contribution in [1.82, 2.24) is 0 Å². The van der Waals surface area contributed by atoms with Crippen molar-refractivity contribution in [2.24, 2.45) is 5.41 Å². The minimum Gasteiger partial charge on any atom is -0.492 e. The Balaban J connectivity index is 2.19. The van der Waals surface area contributed by atoms with Crippen molar-refractivity contribution in [3.8, 4) is 5.75 Å². The van der Waals surface area contributed by atoms with Crippen molar-refractivity contribution in [3.63, 3.8) is 0 Å². The molecule has 104 valence electrons. The van der Waals surface area contributed by atoms with Gasteiger partial charge in [0.2, 0.25) is 0 Å². The average Bonchev–Trinajstić information content (AvgIpc) is 3.15. The van der Waals surface area contributed by atoms with Crippen LogP contribution in [0.15, 0.2) is 23.1 Å². The van der Waals surface area contributed by atoms with Crippen LogP contribution in [0, 0.1) is 5.41 Å². The van der Waals surface area contributed by atoms with Gasteiger partial charge in [-0.3, -0.25) is 9.18 Å². The molecule has 1 aromatic rings. The lowest BCUT2D eigenvalue weighted by Crippen LogP contribution is -2.15. The first-order chi connectivity index (χ1) is 8.90. The number of ether oxygens (including phenoxy) is 1. The number of hydrogen-bond donors (Lipinski definition) is 0. The fraction of sp³-hybridized carbons (Fsp3) is 0.462. The lowest BCUT2D eigenvalue weighted by atomic mass is 10.1. The summed E-state index contributed by atoms with van der Waals surface area (Å²) in [4.78, 5) is 11.0. The fourth-order valence-corrected chi connectivity index (χ4v) is 2.36. The molecule has 1 aliphatic carbocycles. The van der Waals surface area contributed by atoms with E-state index in [2.05, 4.69) is 0 Å². The standard InChI is InChI=1S/C13H15FO4S/c1-19(16,17)11-2-3-12(10(6-11)7-15)18-9-13(8-14)4-5-13/h2-3,6-7H,4-5,8-9H2,1H3. The quantitative estimate of drug-likeness (QED) is 0.751. The number of carbonyl (C=O) groups excluding carboxylic acids is 1. The van der Waals surface area contributed by atoms with Crippen molar-refractivity contribution in [2.45, 2.75) is 17.7 Å². The Bertz CT molecular complexity index is 591. The highest BCUT2D eigenvalue weighted by Crippen LogP contribution is 2.46. The van der Waals surface area contributed by atoms with Gasteiger partial charge in [0.1, 0.15) is 5.75 Å². The molecular formula is C13H15FO4S. The number of aldehydes is 1. The summed E-state index contributed by atoms with van der Waals surface area (Å²) in [5.74, 6) is 0.294. The van der Waals surface area contributed by atoms with E-state index in [4.69, 9.17) is 4.74 Å². The second-order valence-electron chi connectivity index (χ2n) is 5.01. The molecule has 6 heteroatoms. The van der Waals surface area contributed by atoms with Gasteiger partial charge in [0.05, 0.1) is 23.7 Å². The molecule has 0 saturated heterocycles. The summed E-state index contributed by atoms with van der Waals surface area (Å²) in [5, 5.41) is 0. The second kappa shape index (κ2) is 4.92. The molecule has 0 spiro atoms. The maximum atomic E-state index is 12.7. The van der Waals surface area contributed by atoms with E-state index in [9.17, 15) is 17.6 Å². The molecule has 0 amide bonds. The van der Waals surface area contributed by atoms with Gasteiger partial charge in [-0.25, -0.2) is 8.42 Å². The number of hydrogen-bond acceptors (Lipinski definition) is 4. The van der Waals surface area contributed by atoms with E-state index in [1.807, 2.05) is 0 Å². The van der Waals surface area contributed by atoms with E-state index in [0.717, 1.165) is 19.1 Å². The first kappa shape index (κ1) is 14.0. The van der Waals surface area contributed by atoms with Crippen molar-refractivity contribution in [1.29, 1.82) is 0 Å². The average molecular weight is 286 g/mol. The summed E-state index contributed by atoms with van der Waals surface area (Å²) in [5.41, 5.74) is -0.243. The molecule has 0 heterocycles. The molecule has 0 radical (unpaired) electrons. The van der Waals surface area contributed by atoms with Crippen molar-refractivity contribution in [2.75, 3.05) is 19.5 Å². The predicted octanol–water partition coefficient (Wildman–Crippen LogP) is 2.03. The largest absolute Gasteiger partial charge is 0.492 e. The van der Waals surface area contributed by atoms with Crippen LogP contribution < -0.4 is 4.74 Å². The number of sulfone groups is 1. The number of rotatable bonds is 6. The Kier molecular flexibility index (Phi) is 3.62. The molecule has 4 nitrogen and oxygen atoms in total. The summed E-state index contributed by atoms with van der Waals surface area (Å²) in [6.07, 6.45) is 3.17. The third kappa shape index (κ3) is 3.12. The highest BCUT2D eigenvalue weighted by atomic mass is 32.2. The summed E-state index contributed by atoms with van der Waals surface area (Å²) in [6.45, 7) is -0.229. The van der Waals surface area contributed by atoms with E-state index >= 15 is 0 Å². The molecule has 0 N–H and O–H groups in total. The van der Waals surface area contributed by atoms with Crippen molar-refractivity contribution in [3.05, 3.63) is 23.8 Å². The normalized spacial score (nSPS) is 16.9. The fourth-order valence-electron chi connectivity index (χ4n) is 1.70. The molecule has 0 bridgehead atoms. The number of halogens is 1. The number of benzene rings is 1. The molecule has 0 aliphatic heterocycles. The van der Waals surface area contributed by atoms with Crippen LogP contribution >= 0.6 is 0 Å². The SMILES string of the molecule is CS(=O)(=O)c1ccc(OCC2(CF)CC2)c(C=O)c1. The number of carbonyl (C=O) groups is 1. The van der Waals surface area contributed by atoms with Gasteiger partial charge in [-0.1, -0.05) is 0 Å². The van der Waals surface area contributed by atoms with Gasteiger partial charge in [0, 0.05) is 11.7 Å². The van der Waals surface area contributed by atoms with Crippen LogP contribution in [0.25, 0.3) is 0 Å². The zero-order chi connectivity index (χ0) is 14.1. The van der Waals surface area contributed by atoms with E-state index in [-0.39, 0.29) is 17.1 Å². The van der Waals surface area contributed by atoms with Crippen LogP contribution in [-0.2, 0) is 9.84 Å². The Morgan fingerprint density at radius 3 is 2.58 bits per heavy atom. The predicted molar refractivity (Wildman–Crippen MR) is 68.1 cm³/mol. The van der Waals surface area contributed by atoms with Crippen LogP contribution in [0.3, 0.4) is 0 Å². The maximum Gasteiger partial charge on any atom is 0.175 e. The minimum absolute atomic E-state index is 0.0635. The molecule has 1 fully saturated rings. The van der Waals surface area contributed by atoms with E-state index < -0.39 is 21.9 Å². The molecular weight excluding hydrogens is 271 g/mol. The first-order valence-electron chi connectivity index (χ1n) is 5.88. The minimum atomic E-state index is -3.36. The smallest absolute Gasteiger partial charge is 0.175 e. The van der Waals surface area contributed by atoms with E-state index in [0.29, 0.717) is 12.0 Å². The highest BCUT2D eigenvalue weighted by Gasteiger charge is 2.43. The Labute approximate surface area is 111 Å². The molecule has 0 atom stereocenters. The Morgan fingerprint density at radius 2 is 2.11 bits per heavy atom. The second-order valence-corrected chi connectivity index (χ2v) is 7.03. The molecule has 0 aromatic heterocycles. The zero-order valence-corrected chi connectivity index (χ0v) is 11.4. The third-order valence-electron chi connectivity index (χ3n) is 3.31. The van der Waals surface area contributed by atoms with Gasteiger partial charge in [-0.2, -0.15) is 0 Å². The summed E-state index contributed by atoms with van der Waals surface area (Å²) in [7, 11) is -3.36. The van der Waals surface area contributed by atoms with Gasteiger partial charge in [-0.15, -0.1) is 0 Å². The van der Waals surface area contributed by atoms with Gasteiger partial charge in [-0.05, 0) is 31.0 Å². The molecule has 19 heavy (non-hydrogen) atoms. The van der Waals surface area contributed by atoms with Crippen LogP contribution in [0.5, 0.6) is 5.75 Å². The monoisotopic (exact) mass is 286 g/mol. The van der Waals surface area contributed by atoms with Crippen LogP contribution in [0.4, 0.5) is 4.39 Å². The molecule has 1 saturated carbocycles. The van der Waals surface area contributed by atoms with Gasteiger partial charge >= 0.3 is 0 Å². The van der Waals surface area contributed by atoms with E-state index in [1.165, 1.54) is 18.2 Å². The Hall–Kier alpha value is -1.43. The van der Waals surface area contributed by atoms with Gasteiger partial charge < -0.3 is 4.74 Å². The van der Waals surface area contributed by atoms with Gasteiger partial charge in [0.25, 0.3) is 0 Å². The summed E-state index contributed by atoms with van der Waals surface area (Å²) < 4.78 is 40.9. The van der Waals surface area contributed by atoms with Crippen molar-refractivity contribution < 1.29 is 22.3 Å². The maximum absolute atomic E-state index is 12.7. The highest BCUT2D eigenvalue weighted by molar-refractivity contribution is 7.90. The molecule has 1 aromatic carbocycles. The molecule has 2 rings (SSSR count). The van der Waals surface area contributed by atoms with Crippen LogP contribution in [0.1, 0.15) is 23.2 Å². The topological polar surface area (TPSA) is 60.4 Å².